The van der Waals surface area contributed by atoms with Crippen LogP contribution in [0.3, 0.4) is 0 Å². The van der Waals surface area contributed by atoms with E-state index in [4.69, 9.17) is 0 Å². The number of allylic oxidation sites excluding steroid dienone is 2. The van der Waals surface area contributed by atoms with E-state index >= 15 is 0 Å². The summed E-state index contributed by atoms with van der Waals surface area (Å²) in [7, 11) is 1.79. The number of benzene rings is 1. The maximum atomic E-state index is 10.3. The third-order valence-corrected chi connectivity index (χ3v) is 3.25. The molecule has 1 amide bonds. The molecule has 1 aromatic rings. The highest BCUT2D eigenvalue weighted by Gasteiger charge is 1.99. The Morgan fingerprint density at radius 2 is 1.95 bits per heavy atom. The summed E-state index contributed by atoms with van der Waals surface area (Å²) in [5, 5.41) is 0. The van der Waals surface area contributed by atoms with Crippen molar-refractivity contribution in [3.8, 4) is 0 Å². The van der Waals surface area contributed by atoms with Gasteiger partial charge in [0.05, 0.1) is 0 Å². The fraction of sp³-hybridized carbons (Fsp3) is 0.333. The number of hydrogen-bond donors (Lipinski definition) is 0. The summed E-state index contributed by atoms with van der Waals surface area (Å²) >= 11 is 0. The average Bonchev–Trinajstić information content (AvgIpc) is 2.51. The van der Waals surface area contributed by atoms with E-state index in [0.717, 1.165) is 37.6 Å². The van der Waals surface area contributed by atoms with Gasteiger partial charge in [-0.25, -0.2) is 0 Å². The average molecular weight is 285 g/mol. The van der Waals surface area contributed by atoms with Crippen molar-refractivity contribution in [2.45, 2.75) is 26.2 Å². The zero-order valence-corrected chi connectivity index (χ0v) is 12.8. The van der Waals surface area contributed by atoms with Crippen molar-refractivity contribution in [2.24, 2.45) is 0 Å². The van der Waals surface area contributed by atoms with E-state index in [2.05, 4.69) is 18.2 Å². The largest absolute Gasteiger partial charge is 0.344 e. The molecule has 112 valence electrons. The molecule has 0 saturated heterocycles. The second-order valence-electron chi connectivity index (χ2n) is 5.08. The summed E-state index contributed by atoms with van der Waals surface area (Å²) in [5.74, 6) is 0. The minimum Gasteiger partial charge on any atom is -0.344 e. The molecule has 1 aliphatic carbocycles. The lowest BCUT2D eigenvalue weighted by Gasteiger charge is -2.12. The van der Waals surface area contributed by atoms with Crippen molar-refractivity contribution in [2.75, 3.05) is 13.6 Å². The van der Waals surface area contributed by atoms with Gasteiger partial charge in [-0.15, -0.1) is 0 Å². The number of hydrogen-bond acceptors (Lipinski definition) is 2. The lowest BCUT2D eigenvalue weighted by atomic mass is 10.1. The van der Waals surface area contributed by atoms with E-state index in [1.54, 1.807) is 11.9 Å². The first-order valence-corrected chi connectivity index (χ1v) is 7.16. The van der Waals surface area contributed by atoms with Crippen LogP contribution in [0.5, 0.6) is 0 Å². The van der Waals surface area contributed by atoms with Crippen molar-refractivity contribution in [1.82, 2.24) is 4.90 Å². The summed E-state index contributed by atoms with van der Waals surface area (Å²) in [6, 6.07) is 7.91. The first kappa shape index (κ1) is 16.9. The van der Waals surface area contributed by atoms with Crippen molar-refractivity contribution < 1.29 is 9.59 Å². The molecule has 0 bridgehead atoms. The van der Waals surface area contributed by atoms with Crippen LogP contribution in [0, 0.1) is 6.92 Å². The molecule has 0 atom stereocenters. The van der Waals surface area contributed by atoms with Gasteiger partial charge in [0.2, 0.25) is 6.41 Å². The quantitative estimate of drug-likeness (QED) is 0.780. The highest BCUT2D eigenvalue weighted by molar-refractivity contribution is 5.55. The van der Waals surface area contributed by atoms with Gasteiger partial charge < -0.3 is 9.69 Å². The van der Waals surface area contributed by atoms with E-state index in [9.17, 15) is 9.59 Å². The second-order valence-corrected chi connectivity index (χ2v) is 5.08. The zero-order chi connectivity index (χ0) is 15.5. The van der Waals surface area contributed by atoms with Gasteiger partial charge >= 0.3 is 0 Å². The van der Waals surface area contributed by atoms with Crippen LogP contribution in [0.2, 0.25) is 0 Å². The van der Waals surface area contributed by atoms with Crippen LogP contribution in [0.15, 0.2) is 48.1 Å². The SMILES string of the molecule is CN(C=O)CC1=CCCC=C1.Cc1ccccc1CC=O. The molecule has 0 unspecified atom stereocenters. The summed E-state index contributed by atoms with van der Waals surface area (Å²) < 4.78 is 0. The Morgan fingerprint density at radius 1 is 1.19 bits per heavy atom. The summed E-state index contributed by atoms with van der Waals surface area (Å²) in [5.41, 5.74) is 3.55. The molecular formula is C18H23NO2. The second kappa shape index (κ2) is 9.70. The van der Waals surface area contributed by atoms with E-state index in [1.807, 2.05) is 31.2 Å². The summed E-state index contributed by atoms with van der Waals surface area (Å²) in [4.78, 5) is 22.0. The van der Waals surface area contributed by atoms with E-state index < -0.39 is 0 Å². The fourth-order valence-electron chi connectivity index (χ4n) is 2.04. The van der Waals surface area contributed by atoms with Gasteiger partial charge in [-0.3, -0.25) is 4.79 Å². The lowest BCUT2D eigenvalue weighted by Crippen LogP contribution is -2.18. The number of amides is 1. The first-order chi connectivity index (χ1) is 10.2. The van der Waals surface area contributed by atoms with E-state index in [-0.39, 0.29) is 0 Å². The third-order valence-electron chi connectivity index (χ3n) is 3.25. The minimum absolute atomic E-state index is 0.534. The van der Waals surface area contributed by atoms with Crippen LogP contribution >= 0.6 is 0 Å². The number of aldehydes is 1. The summed E-state index contributed by atoms with van der Waals surface area (Å²) in [6.07, 6.45) is 11.0. The molecule has 3 nitrogen and oxygen atoms in total. The molecule has 3 heteroatoms. The number of carbonyl (C=O) groups excluding carboxylic acids is 2. The Labute approximate surface area is 127 Å². The molecule has 1 aromatic carbocycles. The molecular weight excluding hydrogens is 262 g/mol. The van der Waals surface area contributed by atoms with Crippen LogP contribution in [0.25, 0.3) is 0 Å². The third kappa shape index (κ3) is 6.70. The molecule has 0 fully saturated rings. The normalized spacial score (nSPS) is 12.8. The van der Waals surface area contributed by atoms with Gasteiger partial charge in [0.15, 0.2) is 0 Å². The molecule has 0 radical (unpaired) electrons. The highest BCUT2D eigenvalue weighted by atomic mass is 16.1. The van der Waals surface area contributed by atoms with Gasteiger partial charge in [0.25, 0.3) is 0 Å². The molecule has 1 aliphatic rings. The highest BCUT2D eigenvalue weighted by Crippen LogP contribution is 2.09. The molecule has 0 spiro atoms. The Morgan fingerprint density at radius 3 is 2.52 bits per heavy atom. The molecule has 2 rings (SSSR count). The van der Waals surface area contributed by atoms with Crippen LogP contribution in [0.4, 0.5) is 0 Å². The van der Waals surface area contributed by atoms with Gasteiger partial charge in [-0.2, -0.15) is 0 Å². The number of nitrogens with zero attached hydrogens (tertiary/aromatic N) is 1. The predicted octanol–water partition coefficient (Wildman–Crippen LogP) is 3.09. The minimum atomic E-state index is 0.534. The van der Waals surface area contributed by atoms with Gasteiger partial charge in [0, 0.05) is 20.0 Å². The van der Waals surface area contributed by atoms with Crippen LogP contribution < -0.4 is 0 Å². The first-order valence-electron chi connectivity index (χ1n) is 7.16. The lowest BCUT2D eigenvalue weighted by molar-refractivity contribution is -0.116. The smallest absolute Gasteiger partial charge is 0.209 e. The maximum absolute atomic E-state index is 10.3. The Kier molecular flexibility index (Phi) is 7.80. The van der Waals surface area contributed by atoms with E-state index in [0.29, 0.717) is 6.42 Å². The molecule has 0 N–H and O–H groups in total. The number of likely N-dealkylation sites (N-methyl/N-ethyl adjacent to an activating group) is 1. The molecule has 0 heterocycles. The van der Waals surface area contributed by atoms with Gasteiger partial charge in [-0.1, -0.05) is 42.5 Å². The topological polar surface area (TPSA) is 37.4 Å². The Hall–Kier alpha value is -2.16. The Bertz CT molecular complexity index is 518. The van der Waals surface area contributed by atoms with Crippen molar-refractivity contribution in [3.05, 3.63) is 59.2 Å². The molecule has 0 aromatic heterocycles. The number of carbonyl (C=O) groups is 2. The van der Waals surface area contributed by atoms with Crippen LogP contribution in [0.1, 0.15) is 24.0 Å². The predicted molar refractivity (Wildman–Crippen MR) is 86.1 cm³/mol. The zero-order valence-electron chi connectivity index (χ0n) is 12.8. The number of aryl methyl sites for hydroxylation is 1. The fourth-order valence-corrected chi connectivity index (χ4v) is 2.04. The van der Waals surface area contributed by atoms with E-state index in [1.165, 1.54) is 11.1 Å². The van der Waals surface area contributed by atoms with Gasteiger partial charge in [-0.05, 0) is 36.5 Å². The monoisotopic (exact) mass is 285 g/mol. The van der Waals surface area contributed by atoms with Crippen molar-refractivity contribution in [3.63, 3.8) is 0 Å². The van der Waals surface area contributed by atoms with Gasteiger partial charge in [0.1, 0.15) is 6.29 Å². The number of rotatable bonds is 5. The van der Waals surface area contributed by atoms with Crippen LogP contribution in [-0.2, 0) is 16.0 Å². The maximum Gasteiger partial charge on any atom is 0.209 e. The molecule has 21 heavy (non-hydrogen) atoms. The molecule has 0 aliphatic heterocycles. The summed E-state index contributed by atoms with van der Waals surface area (Å²) in [6.45, 7) is 2.75. The Balaban J connectivity index is 0.000000211. The van der Waals surface area contributed by atoms with Crippen molar-refractivity contribution >= 4 is 12.7 Å². The van der Waals surface area contributed by atoms with Crippen LogP contribution in [-0.4, -0.2) is 31.2 Å². The standard InChI is InChI=1S/C9H13NO.C9H10O/c1-10(8-11)7-9-5-3-2-4-6-9;1-8-4-2-3-5-9(8)6-7-10/h3,5-6,8H,2,4,7H2,1H3;2-5,7H,6H2,1H3. The van der Waals surface area contributed by atoms with Crippen molar-refractivity contribution in [1.29, 1.82) is 0 Å². The molecule has 0 saturated carbocycles.